The second-order valence-corrected chi connectivity index (χ2v) is 15.4. The first kappa shape index (κ1) is 45.5. The first-order chi connectivity index (χ1) is 28.9. The van der Waals surface area contributed by atoms with Crippen LogP contribution in [0.2, 0.25) is 5.02 Å². The molecule has 4 aromatic carbocycles. The second kappa shape index (κ2) is 19.6. The van der Waals surface area contributed by atoms with Crippen LogP contribution < -0.4 is 29.1 Å². The van der Waals surface area contributed by atoms with E-state index in [2.05, 4.69) is 10.5 Å². The summed E-state index contributed by atoms with van der Waals surface area (Å²) in [5.74, 6) is -0.942. The molecule has 61 heavy (non-hydrogen) atoms. The van der Waals surface area contributed by atoms with Crippen molar-refractivity contribution in [3.63, 3.8) is 0 Å². The van der Waals surface area contributed by atoms with Gasteiger partial charge in [0.05, 0.1) is 64.0 Å². The van der Waals surface area contributed by atoms with Gasteiger partial charge in [-0.25, -0.2) is 14.0 Å². The van der Waals surface area contributed by atoms with Gasteiger partial charge in [0.1, 0.15) is 40.0 Å². The highest BCUT2D eigenvalue weighted by Crippen LogP contribution is 2.36. The van der Waals surface area contributed by atoms with Crippen molar-refractivity contribution in [1.29, 1.82) is 0 Å². The minimum absolute atomic E-state index is 0.0257. The first-order valence-electron chi connectivity index (χ1n) is 18.9. The molecule has 18 heteroatoms. The van der Waals surface area contributed by atoms with Crippen LogP contribution >= 0.6 is 11.6 Å². The summed E-state index contributed by atoms with van der Waals surface area (Å²) in [6.45, 7) is 6.05. The summed E-state index contributed by atoms with van der Waals surface area (Å²) in [4.78, 5) is 61.9. The lowest BCUT2D eigenvalue weighted by molar-refractivity contribution is -0.385. The molecule has 0 spiro atoms. The number of urea groups is 1. The molecule has 16 nitrogen and oxygen atoms in total. The Labute approximate surface area is 357 Å². The molecular formula is C43H47ClFN5O11. The molecule has 1 fully saturated rings. The third-order valence-corrected chi connectivity index (χ3v) is 9.82. The summed E-state index contributed by atoms with van der Waals surface area (Å²) in [6, 6.07) is 15.6. The van der Waals surface area contributed by atoms with Crippen LogP contribution in [-0.2, 0) is 22.5 Å². The van der Waals surface area contributed by atoms with Crippen LogP contribution in [0.4, 0.5) is 14.9 Å². The van der Waals surface area contributed by atoms with Crippen molar-refractivity contribution in [1.82, 2.24) is 15.1 Å². The summed E-state index contributed by atoms with van der Waals surface area (Å²) in [7, 11) is 5.95. The van der Waals surface area contributed by atoms with E-state index < -0.39 is 58.4 Å². The fourth-order valence-electron chi connectivity index (χ4n) is 6.57. The number of methoxy groups -OCH3 is 4. The number of amides is 3. The lowest BCUT2D eigenvalue weighted by Gasteiger charge is -2.27. The Morgan fingerprint density at radius 3 is 2.18 bits per heavy atom. The molecule has 0 aromatic heterocycles. The number of benzene rings is 4. The largest absolute Gasteiger partial charge is 0.496 e. The number of ether oxygens (including phenoxy) is 5. The number of nitrogens with zero attached hydrogens (tertiary/aromatic N) is 4. The molecule has 0 unspecified atom stereocenters. The Morgan fingerprint density at radius 2 is 1.59 bits per heavy atom. The molecule has 0 aliphatic carbocycles. The maximum atomic E-state index is 14.8. The summed E-state index contributed by atoms with van der Waals surface area (Å²) < 4.78 is 41.7. The van der Waals surface area contributed by atoms with Crippen molar-refractivity contribution >= 4 is 41.0 Å². The fourth-order valence-corrected chi connectivity index (χ4v) is 6.77. The maximum absolute atomic E-state index is 14.8. The number of hydrogen-bond acceptors (Lipinski definition) is 12. The molecule has 1 N–H and O–H groups in total. The van der Waals surface area contributed by atoms with Crippen LogP contribution in [0.15, 0.2) is 78.0 Å². The fraction of sp³-hybridized carbons (Fsp3) is 0.349. The molecule has 1 aliphatic rings. The molecule has 1 heterocycles. The molecule has 5 rings (SSSR count). The number of amidine groups is 1. The van der Waals surface area contributed by atoms with Gasteiger partial charge in [0.15, 0.2) is 11.6 Å². The van der Waals surface area contributed by atoms with Crippen molar-refractivity contribution < 1.29 is 52.2 Å². The van der Waals surface area contributed by atoms with E-state index in [1.807, 2.05) is 0 Å². The Hall–Kier alpha value is -6.62. The van der Waals surface area contributed by atoms with E-state index in [-0.39, 0.29) is 42.2 Å². The van der Waals surface area contributed by atoms with Crippen LogP contribution in [0.3, 0.4) is 0 Å². The van der Waals surface area contributed by atoms with Crippen molar-refractivity contribution in [2.24, 2.45) is 11.1 Å². The van der Waals surface area contributed by atoms with Crippen LogP contribution in [0, 0.1) is 21.8 Å². The van der Waals surface area contributed by atoms with Crippen molar-refractivity contribution in [3.05, 3.63) is 116 Å². The van der Waals surface area contributed by atoms with Gasteiger partial charge in [-0.2, -0.15) is 0 Å². The number of hydrogen-bond donors (Lipinski definition) is 1. The molecule has 4 aromatic rings. The Morgan fingerprint density at radius 1 is 0.934 bits per heavy atom. The van der Waals surface area contributed by atoms with E-state index in [0.29, 0.717) is 39.1 Å². The molecule has 1 saturated heterocycles. The molecular weight excluding hydrogens is 817 g/mol. The SMILES string of the molecule is COc1cc(OC)c(CN2C[C@@H](Cc3cc(Cl)ccc3OC)C(=O)N(C(=O)N[C@H](C)c3ccc(C(=O)OC(C)(C)C)c([N+](=O)[O-])c3)C/C2=N/Oc2ccc(F)cc2)c(OC)c1. The number of carbonyl (C=O) groups is 3. The van der Waals surface area contributed by atoms with Gasteiger partial charge in [-0.05, 0) is 93.8 Å². The summed E-state index contributed by atoms with van der Waals surface area (Å²) in [5.41, 5.74) is -0.298. The number of rotatable bonds is 14. The van der Waals surface area contributed by atoms with Gasteiger partial charge in [0.2, 0.25) is 5.91 Å². The first-order valence-corrected chi connectivity index (χ1v) is 19.3. The summed E-state index contributed by atoms with van der Waals surface area (Å²) in [5, 5.41) is 19.7. The highest BCUT2D eigenvalue weighted by Gasteiger charge is 2.39. The van der Waals surface area contributed by atoms with Crippen LogP contribution in [0.5, 0.6) is 28.7 Å². The minimum atomic E-state index is -0.948. The summed E-state index contributed by atoms with van der Waals surface area (Å²) >= 11 is 6.41. The van der Waals surface area contributed by atoms with Gasteiger partial charge in [0.25, 0.3) is 5.69 Å². The number of nitrogens with one attached hydrogen (secondary N) is 1. The number of halogens is 2. The highest BCUT2D eigenvalue weighted by molar-refractivity contribution is 6.30. The Bertz CT molecular complexity index is 2280. The molecule has 1 aliphatic heterocycles. The van der Waals surface area contributed by atoms with Gasteiger partial charge >= 0.3 is 12.0 Å². The molecule has 0 radical (unpaired) electrons. The zero-order valence-electron chi connectivity index (χ0n) is 34.9. The Balaban J connectivity index is 1.59. The van der Waals surface area contributed by atoms with Crippen LogP contribution in [-0.4, -0.2) is 85.6 Å². The van der Waals surface area contributed by atoms with E-state index in [1.54, 1.807) is 62.9 Å². The number of nitro groups is 1. The van der Waals surface area contributed by atoms with E-state index in [9.17, 15) is 28.9 Å². The standard InChI is InChI=1S/C43H47ClFN5O11/c1-25(26-9-15-33(35(19-26)50(54)55)41(52)60-43(2,3)4)46-42(53)49-24-39(47-61-31-13-11-30(45)12-14-31)48(23-34-37(58-7)20-32(56-5)21-38(34)59-8)22-28(40(49)51)17-27-18-29(44)10-16-36(27)57-6/h9-16,18-21,25,28H,17,22-24H2,1-8H3,(H,46,53)/b47-39-/t25-,28-/m1/s1. The Kier molecular flexibility index (Phi) is 14.6. The lowest BCUT2D eigenvalue weighted by Crippen LogP contribution is -2.48. The monoisotopic (exact) mass is 863 g/mol. The number of esters is 1. The van der Waals surface area contributed by atoms with E-state index in [4.69, 9.17) is 40.1 Å². The molecule has 0 saturated carbocycles. The molecule has 3 amide bonds. The molecule has 324 valence electrons. The zero-order valence-corrected chi connectivity index (χ0v) is 35.7. The zero-order chi connectivity index (χ0) is 44.6. The minimum Gasteiger partial charge on any atom is -0.496 e. The smallest absolute Gasteiger partial charge is 0.345 e. The second-order valence-electron chi connectivity index (χ2n) is 14.9. The van der Waals surface area contributed by atoms with Crippen molar-refractivity contribution in [2.45, 2.75) is 52.3 Å². The predicted octanol–water partition coefficient (Wildman–Crippen LogP) is 7.74. The third kappa shape index (κ3) is 11.4. The summed E-state index contributed by atoms with van der Waals surface area (Å²) in [6.07, 6.45) is 0.0553. The van der Waals surface area contributed by atoms with Gasteiger partial charge in [0, 0.05) is 29.8 Å². The number of oxime groups is 1. The molecule has 0 bridgehead atoms. The van der Waals surface area contributed by atoms with Gasteiger partial charge in [-0.1, -0.05) is 22.8 Å². The van der Waals surface area contributed by atoms with Gasteiger partial charge in [-0.15, -0.1) is 0 Å². The van der Waals surface area contributed by atoms with Gasteiger partial charge in [-0.3, -0.25) is 19.8 Å². The molecule has 2 atom stereocenters. The topological polar surface area (TPSA) is 181 Å². The number of nitro benzene ring substituents is 1. The maximum Gasteiger partial charge on any atom is 0.345 e. The third-order valence-electron chi connectivity index (χ3n) is 9.59. The van der Waals surface area contributed by atoms with Crippen LogP contribution in [0.1, 0.15) is 60.8 Å². The van der Waals surface area contributed by atoms with E-state index in [1.165, 1.54) is 70.9 Å². The highest BCUT2D eigenvalue weighted by atomic mass is 35.5. The van der Waals surface area contributed by atoms with Crippen molar-refractivity contribution in [3.8, 4) is 28.7 Å². The normalized spacial score (nSPS) is 15.4. The van der Waals surface area contributed by atoms with Crippen molar-refractivity contribution in [2.75, 3.05) is 41.5 Å². The van der Waals surface area contributed by atoms with E-state index in [0.717, 1.165) is 4.90 Å². The van der Waals surface area contributed by atoms with Crippen LogP contribution in [0.25, 0.3) is 0 Å². The lowest BCUT2D eigenvalue weighted by atomic mass is 9.96. The number of carbonyl (C=O) groups excluding carboxylic acids is 3. The predicted molar refractivity (Wildman–Crippen MR) is 223 cm³/mol. The quantitative estimate of drug-likeness (QED) is 0.0741. The van der Waals surface area contributed by atoms with Gasteiger partial charge < -0.3 is 38.7 Å². The average Bonchev–Trinajstić information content (AvgIpc) is 3.34. The van der Waals surface area contributed by atoms with E-state index >= 15 is 0 Å². The average molecular weight is 864 g/mol. The number of imide groups is 1.